The zero-order valence-electron chi connectivity index (χ0n) is 7.63. The zero-order chi connectivity index (χ0) is 9.68. The van der Waals surface area contributed by atoms with Crippen LogP contribution in [0, 0.1) is 0 Å². The molecular weight excluding hydrogens is 200 g/mol. The highest BCUT2D eigenvalue weighted by atomic mass is 35.5. The summed E-state index contributed by atoms with van der Waals surface area (Å²) >= 11 is 9.89. The summed E-state index contributed by atoms with van der Waals surface area (Å²) in [4.78, 5) is 1.00. The first-order chi connectivity index (χ1) is 6.22. The van der Waals surface area contributed by atoms with Gasteiger partial charge >= 0.3 is 0 Å². The van der Waals surface area contributed by atoms with Crippen LogP contribution in [0.1, 0.15) is 12.5 Å². The first-order valence-electron chi connectivity index (χ1n) is 4.22. The monoisotopic (exact) mass is 212 g/mol. The van der Waals surface area contributed by atoms with Gasteiger partial charge in [0.05, 0.1) is 0 Å². The van der Waals surface area contributed by atoms with Crippen LogP contribution >= 0.6 is 24.2 Å². The maximum Gasteiger partial charge on any atom is 0.0430 e. The van der Waals surface area contributed by atoms with E-state index in [0.717, 1.165) is 11.3 Å². The summed E-state index contributed by atoms with van der Waals surface area (Å²) in [7, 11) is 0. The Morgan fingerprint density at radius 3 is 2.54 bits per heavy atom. The summed E-state index contributed by atoms with van der Waals surface area (Å²) in [5.41, 5.74) is 2.51. The lowest BCUT2D eigenvalue weighted by Crippen LogP contribution is -1.83. The number of halogens is 1. The first kappa shape index (κ1) is 10.7. The van der Waals surface area contributed by atoms with E-state index >= 15 is 0 Å². The van der Waals surface area contributed by atoms with Gasteiger partial charge in [-0.05, 0) is 31.0 Å². The average molecular weight is 213 g/mol. The van der Waals surface area contributed by atoms with E-state index in [1.54, 1.807) is 0 Å². The molecule has 0 aliphatic rings. The Hall–Kier alpha value is -0.400. The van der Waals surface area contributed by atoms with E-state index in [4.69, 9.17) is 11.6 Å². The Labute approximate surface area is 90.0 Å². The van der Waals surface area contributed by atoms with Crippen LogP contribution < -0.4 is 0 Å². The first-order valence-corrected chi connectivity index (χ1v) is 5.20. The van der Waals surface area contributed by atoms with Gasteiger partial charge in [0, 0.05) is 10.8 Å². The van der Waals surface area contributed by atoms with Gasteiger partial charge in [-0.3, -0.25) is 0 Å². The van der Waals surface area contributed by atoms with Gasteiger partial charge in [-0.25, -0.2) is 0 Å². The SMILES string of the molecule is CC(=CCc1ccc(S)cc1)CCl. The molecule has 70 valence electrons. The predicted molar refractivity (Wildman–Crippen MR) is 61.9 cm³/mol. The molecule has 1 aromatic carbocycles. The van der Waals surface area contributed by atoms with Crippen LogP contribution in [0.2, 0.25) is 0 Å². The second-order valence-corrected chi connectivity index (χ2v) is 3.84. The fraction of sp³-hybridized carbons (Fsp3) is 0.273. The normalized spacial score (nSPS) is 11.8. The van der Waals surface area contributed by atoms with E-state index < -0.39 is 0 Å². The van der Waals surface area contributed by atoms with Gasteiger partial charge < -0.3 is 0 Å². The lowest BCUT2D eigenvalue weighted by molar-refractivity contribution is 1.20. The molecule has 0 heterocycles. The van der Waals surface area contributed by atoms with E-state index in [1.165, 1.54) is 11.1 Å². The van der Waals surface area contributed by atoms with Crippen molar-refractivity contribution in [1.29, 1.82) is 0 Å². The molecule has 0 radical (unpaired) electrons. The number of thiol groups is 1. The quantitative estimate of drug-likeness (QED) is 0.441. The van der Waals surface area contributed by atoms with Crippen molar-refractivity contribution in [3.63, 3.8) is 0 Å². The summed E-state index contributed by atoms with van der Waals surface area (Å²) in [6.07, 6.45) is 3.10. The molecule has 0 saturated heterocycles. The lowest BCUT2D eigenvalue weighted by atomic mass is 10.1. The van der Waals surface area contributed by atoms with E-state index in [9.17, 15) is 0 Å². The second kappa shape index (κ2) is 5.36. The second-order valence-electron chi connectivity index (χ2n) is 3.05. The molecule has 0 amide bonds. The topological polar surface area (TPSA) is 0 Å². The molecule has 0 bridgehead atoms. The van der Waals surface area contributed by atoms with E-state index in [1.807, 2.05) is 19.1 Å². The standard InChI is InChI=1S/C11H13ClS/c1-9(8-12)2-3-10-4-6-11(13)7-5-10/h2,4-7,13H,3,8H2,1H3. The summed E-state index contributed by atoms with van der Waals surface area (Å²) in [5, 5.41) is 0. The maximum absolute atomic E-state index is 5.66. The minimum Gasteiger partial charge on any atom is -0.143 e. The van der Waals surface area contributed by atoms with Gasteiger partial charge in [-0.2, -0.15) is 0 Å². The third-order valence-corrected chi connectivity index (χ3v) is 2.55. The molecule has 0 fully saturated rings. The molecule has 0 N–H and O–H groups in total. The van der Waals surface area contributed by atoms with Crippen LogP contribution in [-0.4, -0.2) is 5.88 Å². The number of hydrogen-bond acceptors (Lipinski definition) is 1. The number of rotatable bonds is 3. The molecule has 0 aliphatic carbocycles. The number of allylic oxidation sites excluding steroid dienone is 2. The highest BCUT2D eigenvalue weighted by Crippen LogP contribution is 2.09. The van der Waals surface area contributed by atoms with Crippen molar-refractivity contribution in [2.75, 3.05) is 5.88 Å². The van der Waals surface area contributed by atoms with E-state index in [0.29, 0.717) is 5.88 Å². The Balaban J connectivity index is 2.60. The van der Waals surface area contributed by atoms with Crippen LogP contribution in [0.4, 0.5) is 0 Å². The van der Waals surface area contributed by atoms with Crippen LogP contribution in [0.3, 0.4) is 0 Å². The molecular formula is C11H13ClS. The molecule has 0 saturated carbocycles. The summed E-state index contributed by atoms with van der Waals surface area (Å²) in [5.74, 6) is 0.616. The van der Waals surface area contributed by atoms with Gasteiger partial charge in [0.2, 0.25) is 0 Å². The minimum atomic E-state index is 0.616. The van der Waals surface area contributed by atoms with Crippen LogP contribution in [0.5, 0.6) is 0 Å². The van der Waals surface area contributed by atoms with Crippen molar-refractivity contribution in [3.8, 4) is 0 Å². The largest absolute Gasteiger partial charge is 0.143 e. The summed E-state index contributed by atoms with van der Waals surface area (Å²) < 4.78 is 0. The van der Waals surface area contributed by atoms with Crippen molar-refractivity contribution in [2.45, 2.75) is 18.2 Å². The third-order valence-electron chi connectivity index (χ3n) is 1.83. The van der Waals surface area contributed by atoms with Crippen molar-refractivity contribution >= 4 is 24.2 Å². The van der Waals surface area contributed by atoms with Gasteiger partial charge in [0.25, 0.3) is 0 Å². The summed E-state index contributed by atoms with van der Waals surface area (Å²) in [6.45, 7) is 2.04. The molecule has 0 nitrogen and oxygen atoms in total. The fourth-order valence-corrected chi connectivity index (χ4v) is 1.24. The molecule has 0 aliphatic heterocycles. The summed E-state index contributed by atoms with van der Waals surface area (Å²) in [6, 6.07) is 8.17. The van der Waals surface area contributed by atoms with Crippen LogP contribution in [0.15, 0.2) is 40.8 Å². The Morgan fingerprint density at radius 2 is 2.00 bits per heavy atom. The molecule has 0 unspecified atom stereocenters. The highest BCUT2D eigenvalue weighted by molar-refractivity contribution is 7.80. The van der Waals surface area contributed by atoms with Crippen LogP contribution in [-0.2, 0) is 6.42 Å². The number of hydrogen-bond donors (Lipinski definition) is 1. The zero-order valence-corrected chi connectivity index (χ0v) is 9.28. The number of alkyl halides is 1. The molecule has 2 heteroatoms. The van der Waals surface area contributed by atoms with Crippen molar-refractivity contribution in [1.82, 2.24) is 0 Å². The maximum atomic E-state index is 5.66. The predicted octanol–water partition coefficient (Wildman–Crippen LogP) is 3.70. The number of benzene rings is 1. The Bertz CT molecular complexity index is 287. The van der Waals surface area contributed by atoms with Crippen molar-refractivity contribution in [3.05, 3.63) is 41.5 Å². The van der Waals surface area contributed by atoms with Crippen molar-refractivity contribution < 1.29 is 0 Å². The smallest absolute Gasteiger partial charge is 0.0430 e. The molecule has 1 rings (SSSR count). The van der Waals surface area contributed by atoms with Crippen LogP contribution in [0.25, 0.3) is 0 Å². The molecule has 0 atom stereocenters. The van der Waals surface area contributed by atoms with Gasteiger partial charge in [0.15, 0.2) is 0 Å². The Kier molecular flexibility index (Phi) is 4.40. The van der Waals surface area contributed by atoms with Gasteiger partial charge in [0.1, 0.15) is 0 Å². The molecule has 0 spiro atoms. The molecule has 0 aromatic heterocycles. The minimum absolute atomic E-state index is 0.616. The lowest BCUT2D eigenvalue weighted by Gasteiger charge is -1.98. The van der Waals surface area contributed by atoms with E-state index in [2.05, 4.69) is 30.8 Å². The molecule has 13 heavy (non-hydrogen) atoms. The Morgan fingerprint density at radius 1 is 1.38 bits per heavy atom. The van der Waals surface area contributed by atoms with E-state index in [-0.39, 0.29) is 0 Å². The average Bonchev–Trinajstić information content (AvgIpc) is 2.16. The molecule has 1 aromatic rings. The van der Waals surface area contributed by atoms with Gasteiger partial charge in [-0.15, -0.1) is 24.2 Å². The van der Waals surface area contributed by atoms with Crippen molar-refractivity contribution in [2.24, 2.45) is 0 Å². The third kappa shape index (κ3) is 3.88. The fourth-order valence-electron chi connectivity index (χ4n) is 0.979. The van der Waals surface area contributed by atoms with Gasteiger partial charge in [-0.1, -0.05) is 23.8 Å². The highest BCUT2D eigenvalue weighted by Gasteiger charge is 1.90.